The molecule has 2 aromatic carbocycles. The highest BCUT2D eigenvalue weighted by Gasteiger charge is 2.63. The van der Waals surface area contributed by atoms with Gasteiger partial charge in [0.1, 0.15) is 23.8 Å². The molecule has 2 N–H and O–H groups in total. The summed E-state index contributed by atoms with van der Waals surface area (Å²) >= 11 is 0. The third-order valence-electron chi connectivity index (χ3n) is 17.7. The molecule has 2 aliphatic carbocycles. The molecule has 80 heavy (non-hydrogen) atoms. The molecule has 19 heteroatoms. The Balaban J connectivity index is 0.000000194. The average molecular weight is 1110 g/mol. The highest BCUT2D eigenvalue weighted by molar-refractivity contribution is 5.97. The molecule has 4 fully saturated rings. The van der Waals surface area contributed by atoms with E-state index in [-0.39, 0.29) is 137 Å². The lowest BCUT2D eigenvalue weighted by molar-refractivity contribution is -0.153. The molecule has 10 rings (SSSR count). The summed E-state index contributed by atoms with van der Waals surface area (Å²) in [5, 5.41) is 0. The topological polar surface area (TPSA) is 212 Å². The first-order valence-corrected chi connectivity index (χ1v) is 29.0. The zero-order valence-corrected chi connectivity index (χ0v) is 46.4. The van der Waals surface area contributed by atoms with Crippen molar-refractivity contribution in [2.24, 2.45) is 34.3 Å². The van der Waals surface area contributed by atoms with Gasteiger partial charge in [0.15, 0.2) is 11.6 Å². The fraction of sp³-hybridized carbons (Fsp3) is 0.607. The first-order chi connectivity index (χ1) is 38.5. The van der Waals surface area contributed by atoms with Gasteiger partial charge in [-0.2, -0.15) is 0 Å². The predicted octanol–water partition coefficient (Wildman–Crippen LogP) is 8.56. The van der Waals surface area contributed by atoms with Gasteiger partial charge >= 0.3 is 24.1 Å². The first-order valence-electron chi connectivity index (χ1n) is 29.0. The van der Waals surface area contributed by atoms with Crippen LogP contribution < -0.4 is 5.73 Å². The van der Waals surface area contributed by atoms with Gasteiger partial charge in [-0.15, -0.1) is 0 Å². The number of fused-ring (bicyclic) bond motifs is 6. The third-order valence-corrected chi connectivity index (χ3v) is 17.7. The van der Waals surface area contributed by atoms with Gasteiger partial charge in [0.05, 0.1) is 68.3 Å². The number of carbonyl (C=O) groups is 8. The van der Waals surface area contributed by atoms with Gasteiger partial charge in [0, 0.05) is 55.8 Å². The van der Waals surface area contributed by atoms with E-state index < -0.39 is 59.3 Å². The number of hydrogen-bond donors (Lipinski definition) is 1. The number of ketones is 2. The number of esters is 2. The van der Waals surface area contributed by atoms with Crippen LogP contribution in [0, 0.1) is 40.2 Å². The summed E-state index contributed by atoms with van der Waals surface area (Å²) in [6, 6.07) is 7.12. The third kappa shape index (κ3) is 12.7. The highest BCUT2D eigenvalue weighted by atomic mass is 19.1. The van der Waals surface area contributed by atoms with Crippen molar-refractivity contribution >= 4 is 47.5 Å². The summed E-state index contributed by atoms with van der Waals surface area (Å²) in [6.07, 6.45) is 15.5. The molecule has 8 aliphatic rings. The number of allylic oxidation sites excluding steroid dienone is 4. The van der Waals surface area contributed by atoms with E-state index in [1.54, 1.807) is 43.0 Å². The molecular weight excluding hydrogens is 1030 g/mol. The molecule has 10 atom stereocenters. The van der Waals surface area contributed by atoms with Crippen molar-refractivity contribution in [1.82, 2.24) is 19.6 Å². The summed E-state index contributed by atoms with van der Waals surface area (Å²) < 4.78 is 50.7. The Hall–Kier alpha value is -6.50. The summed E-state index contributed by atoms with van der Waals surface area (Å²) in [7, 11) is 0. The minimum atomic E-state index is -0.930. The van der Waals surface area contributed by atoms with Crippen molar-refractivity contribution in [3.8, 4) is 0 Å². The van der Waals surface area contributed by atoms with Crippen LogP contribution >= 0.6 is 0 Å². The Morgan fingerprint density at radius 2 is 1.06 bits per heavy atom. The number of carbonyl (C=O) groups excluding carboxylic acids is 8. The first kappa shape index (κ1) is 58.2. The molecule has 0 aromatic heterocycles. The largest absolute Gasteiger partial charge is 0.466 e. The number of ether oxygens (including phenoxy) is 4. The fourth-order valence-corrected chi connectivity index (χ4v) is 12.9. The molecule has 0 bridgehead atoms. The highest BCUT2D eigenvalue weighted by Crippen LogP contribution is 2.59. The Morgan fingerprint density at radius 3 is 1.51 bits per heavy atom. The standard InChI is InChI=1S/C31H39FN2O6.C30H38FN3O6/c1-3-39-29(37)31-15-22(31)12-8-6-4-5-7-10-20(2)28(36)34-18-23(14-26(34)27(35)16-31)40-30(38)33-17-21-11-9-13-25(32)24(21)19-33;1-2-39-28(37)30-14-20(30)10-6-4-3-5-7-12-24(32)27(36)34-17-21(13-25(34)26(35)15-30)40-29(38)33-16-19-9-8-11-23(31)22(19)18-33/h8-9,11-13,20,22-23,26H,3-7,10,14-19H2,1-2H3;6,8-11,20-21,24-25H,2-5,7,12-18,32H2,1H3/b12-8-;10-6-/t20-,22+,23+,26-,31+;20-,21-,24+,25+,30-/m01/s1. The van der Waals surface area contributed by atoms with Crippen LogP contribution in [0.1, 0.15) is 146 Å². The summed E-state index contributed by atoms with van der Waals surface area (Å²) in [4.78, 5) is 112. The smallest absolute Gasteiger partial charge is 0.410 e. The van der Waals surface area contributed by atoms with Gasteiger partial charge in [-0.1, -0.05) is 81.2 Å². The van der Waals surface area contributed by atoms with E-state index in [2.05, 4.69) is 12.2 Å². The molecule has 0 unspecified atom stereocenters. The van der Waals surface area contributed by atoms with E-state index in [1.807, 2.05) is 19.1 Å². The molecular formula is C61H77F2N5O12. The normalized spacial score (nSPS) is 31.4. The summed E-state index contributed by atoms with van der Waals surface area (Å²) in [5.41, 5.74) is 6.86. The molecule has 17 nitrogen and oxygen atoms in total. The van der Waals surface area contributed by atoms with Crippen LogP contribution in [0.15, 0.2) is 60.7 Å². The zero-order valence-electron chi connectivity index (χ0n) is 46.4. The van der Waals surface area contributed by atoms with E-state index >= 15 is 0 Å². The van der Waals surface area contributed by atoms with Crippen LogP contribution in [-0.2, 0) is 73.9 Å². The summed E-state index contributed by atoms with van der Waals surface area (Å²) in [5.74, 6) is -2.82. The second-order valence-electron chi connectivity index (χ2n) is 23.3. The maximum Gasteiger partial charge on any atom is 0.410 e. The van der Waals surface area contributed by atoms with Crippen molar-refractivity contribution < 1.29 is 66.1 Å². The molecule has 0 radical (unpaired) electrons. The second kappa shape index (κ2) is 25.1. The molecule has 432 valence electrons. The number of rotatable bonds is 6. The van der Waals surface area contributed by atoms with Gasteiger partial charge in [-0.05, 0) is 100 Å². The molecule has 0 spiro atoms. The number of hydrogen-bond acceptors (Lipinski definition) is 13. The molecule has 6 heterocycles. The van der Waals surface area contributed by atoms with Gasteiger partial charge in [0.25, 0.3) is 0 Å². The second-order valence-corrected chi connectivity index (χ2v) is 23.3. The summed E-state index contributed by atoms with van der Waals surface area (Å²) in [6.45, 7) is 6.68. The minimum Gasteiger partial charge on any atom is -0.466 e. The number of nitrogens with zero attached hydrogens (tertiary/aromatic N) is 4. The van der Waals surface area contributed by atoms with Crippen molar-refractivity contribution in [2.45, 2.75) is 180 Å². The van der Waals surface area contributed by atoms with E-state index in [0.29, 0.717) is 30.4 Å². The van der Waals surface area contributed by atoms with Crippen LogP contribution in [0.4, 0.5) is 18.4 Å². The van der Waals surface area contributed by atoms with Crippen molar-refractivity contribution in [3.63, 3.8) is 0 Å². The zero-order chi connectivity index (χ0) is 56.9. The Kier molecular flexibility index (Phi) is 18.3. The van der Waals surface area contributed by atoms with E-state index in [0.717, 1.165) is 68.9 Å². The van der Waals surface area contributed by atoms with Gasteiger partial charge in [0.2, 0.25) is 11.8 Å². The predicted molar refractivity (Wildman–Crippen MR) is 287 cm³/mol. The Morgan fingerprint density at radius 1 is 0.613 bits per heavy atom. The quantitative estimate of drug-likeness (QED) is 0.163. The number of nitrogens with two attached hydrogens (primary N) is 1. The fourth-order valence-electron chi connectivity index (χ4n) is 12.9. The van der Waals surface area contributed by atoms with Crippen LogP contribution in [-0.4, -0.2) is 124 Å². The van der Waals surface area contributed by atoms with Crippen molar-refractivity contribution in [2.75, 3.05) is 26.3 Å². The molecule has 2 aromatic rings. The lowest BCUT2D eigenvalue weighted by Crippen LogP contribution is -2.49. The van der Waals surface area contributed by atoms with Crippen LogP contribution in [0.2, 0.25) is 0 Å². The van der Waals surface area contributed by atoms with Gasteiger partial charge < -0.3 is 34.5 Å². The average Bonchev–Trinajstić information content (AvgIpc) is 4.06. The van der Waals surface area contributed by atoms with Gasteiger partial charge in [-0.25, -0.2) is 18.4 Å². The molecule has 2 saturated carbocycles. The molecule has 2 saturated heterocycles. The molecule has 4 amide bonds. The number of Topliss-reactive ketones (excluding diaryl/α,β-unsaturated/α-hetero) is 2. The van der Waals surface area contributed by atoms with Crippen molar-refractivity contribution in [1.29, 1.82) is 0 Å². The Labute approximate surface area is 466 Å². The minimum absolute atomic E-state index is 0.00888. The lowest BCUT2D eigenvalue weighted by Gasteiger charge is -2.27. The van der Waals surface area contributed by atoms with Crippen LogP contribution in [0.3, 0.4) is 0 Å². The maximum atomic E-state index is 14.2. The van der Waals surface area contributed by atoms with Crippen LogP contribution in [0.5, 0.6) is 0 Å². The van der Waals surface area contributed by atoms with E-state index in [1.165, 1.54) is 26.8 Å². The van der Waals surface area contributed by atoms with Gasteiger partial charge in [-0.3, -0.25) is 38.6 Å². The lowest BCUT2D eigenvalue weighted by atomic mass is 9.91. The van der Waals surface area contributed by atoms with E-state index in [4.69, 9.17) is 24.7 Å². The van der Waals surface area contributed by atoms with E-state index in [9.17, 15) is 47.1 Å². The maximum absolute atomic E-state index is 14.2. The number of halogens is 2. The number of amides is 4. The van der Waals surface area contributed by atoms with Crippen molar-refractivity contribution in [3.05, 3.63) is 94.6 Å². The SMILES string of the molecule is CCOC(=O)[C@]12CC(=O)[C@@H]3C[C@@H](OC(=O)N4Cc5cccc(F)c5C4)CN3C(=O)[C@@H](C)CCCCC/C=C\[C@@H]1C2.CCOC(=O)[C@]12CC(=O)[C@@H]3C[C@@H](OC(=O)N4Cc5cccc(F)c5C4)CN3C(=O)[C@@H](N)CCCCC/C=C\[C@@H]1C2. The Bertz CT molecular complexity index is 2590. The molecule has 6 aliphatic heterocycles. The van der Waals surface area contributed by atoms with Crippen LogP contribution in [0.25, 0.3) is 0 Å². The number of benzene rings is 2. The monoisotopic (exact) mass is 1110 g/mol.